The summed E-state index contributed by atoms with van der Waals surface area (Å²) in [4.78, 5) is 0. The zero-order valence-electron chi connectivity index (χ0n) is 9.05. The summed E-state index contributed by atoms with van der Waals surface area (Å²) >= 11 is 3.48. The lowest BCUT2D eigenvalue weighted by Crippen LogP contribution is -2.02. The van der Waals surface area contributed by atoms with Crippen LogP contribution in [0.2, 0.25) is 0 Å². The van der Waals surface area contributed by atoms with E-state index < -0.39 is 0 Å². The number of ether oxygens (including phenoxy) is 2. The van der Waals surface area contributed by atoms with Crippen LogP contribution in [0.15, 0.2) is 29.3 Å². The van der Waals surface area contributed by atoms with Gasteiger partial charge in [-0.15, -0.1) is 6.58 Å². The summed E-state index contributed by atoms with van der Waals surface area (Å²) in [6.07, 6.45) is 2.65. The van der Waals surface area contributed by atoms with Crippen molar-refractivity contribution in [3.05, 3.63) is 40.4 Å². The highest BCUT2D eigenvalue weighted by atomic mass is 79.9. The number of methoxy groups -OCH3 is 1. The molecule has 0 saturated heterocycles. The summed E-state index contributed by atoms with van der Waals surface area (Å²) in [7, 11) is 1.61. The molecule has 3 heteroatoms. The summed E-state index contributed by atoms with van der Waals surface area (Å²) in [5.41, 5.74) is 2.32. The average Bonchev–Trinajstić information content (AvgIpc) is 2.17. The highest BCUT2D eigenvalue weighted by molar-refractivity contribution is 9.10. The van der Waals surface area contributed by atoms with E-state index in [2.05, 4.69) is 35.5 Å². The van der Waals surface area contributed by atoms with E-state index in [1.807, 2.05) is 12.1 Å². The molecule has 0 radical (unpaired) electrons. The molecular weight excluding hydrogens is 256 g/mol. The van der Waals surface area contributed by atoms with Crippen LogP contribution in [0.4, 0.5) is 0 Å². The van der Waals surface area contributed by atoms with Crippen molar-refractivity contribution in [2.45, 2.75) is 13.3 Å². The lowest BCUT2D eigenvalue weighted by molar-refractivity contribution is 0.0499. The SMILES string of the molecule is C=CCc1cc(C)cc(Br)c1OCOC. The second kappa shape index (κ2) is 5.93. The Bertz CT molecular complexity index is 348. The number of allylic oxidation sites excluding steroid dienone is 1. The maximum atomic E-state index is 5.51. The Hall–Kier alpha value is -0.800. The first kappa shape index (κ1) is 12.3. The number of rotatable bonds is 5. The van der Waals surface area contributed by atoms with Gasteiger partial charge >= 0.3 is 0 Å². The predicted molar refractivity (Wildman–Crippen MR) is 65.3 cm³/mol. The van der Waals surface area contributed by atoms with Crippen LogP contribution in [0.25, 0.3) is 0 Å². The molecule has 82 valence electrons. The molecule has 15 heavy (non-hydrogen) atoms. The van der Waals surface area contributed by atoms with Gasteiger partial charge in [-0.05, 0) is 46.5 Å². The van der Waals surface area contributed by atoms with Gasteiger partial charge in [-0.2, -0.15) is 0 Å². The summed E-state index contributed by atoms with van der Waals surface area (Å²) in [6, 6.07) is 4.12. The minimum Gasteiger partial charge on any atom is -0.466 e. The molecule has 0 spiro atoms. The zero-order valence-corrected chi connectivity index (χ0v) is 10.6. The Morgan fingerprint density at radius 2 is 2.20 bits per heavy atom. The van der Waals surface area contributed by atoms with Crippen LogP contribution in [0, 0.1) is 6.92 Å². The van der Waals surface area contributed by atoms with Crippen molar-refractivity contribution in [2.24, 2.45) is 0 Å². The highest BCUT2D eigenvalue weighted by Crippen LogP contribution is 2.31. The van der Waals surface area contributed by atoms with E-state index in [4.69, 9.17) is 9.47 Å². The van der Waals surface area contributed by atoms with Crippen LogP contribution in [-0.4, -0.2) is 13.9 Å². The van der Waals surface area contributed by atoms with Crippen LogP contribution >= 0.6 is 15.9 Å². The van der Waals surface area contributed by atoms with Crippen molar-refractivity contribution in [2.75, 3.05) is 13.9 Å². The minimum absolute atomic E-state index is 0.256. The third kappa shape index (κ3) is 3.36. The van der Waals surface area contributed by atoms with Gasteiger partial charge in [0.2, 0.25) is 0 Å². The predicted octanol–water partition coefficient (Wildman–Crippen LogP) is 3.47. The normalized spacial score (nSPS) is 10.1. The molecule has 0 heterocycles. The summed E-state index contributed by atoms with van der Waals surface area (Å²) in [5, 5.41) is 0. The Kier molecular flexibility index (Phi) is 4.85. The van der Waals surface area contributed by atoms with Crippen molar-refractivity contribution in [1.29, 1.82) is 0 Å². The van der Waals surface area contributed by atoms with E-state index in [1.165, 1.54) is 5.56 Å². The first-order valence-corrected chi connectivity index (χ1v) is 5.50. The monoisotopic (exact) mass is 270 g/mol. The third-order valence-corrected chi connectivity index (χ3v) is 2.54. The van der Waals surface area contributed by atoms with Gasteiger partial charge in [-0.25, -0.2) is 0 Å². The molecule has 0 unspecified atom stereocenters. The standard InChI is InChI=1S/C12H15BrO2/c1-4-5-10-6-9(2)7-11(13)12(10)15-8-14-3/h4,6-7H,1,5,8H2,2-3H3. The molecule has 0 saturated carbocycles. The Morgan fingerprint density at radius 3 is 2.80 bits per heavy atom. The molecule has 0 aliphatic rings. The fraction of sp³-hybridized carbons (Fsp3) is 0.333. The molecule has 0 amide bonds. The summed E-state index contributed by atoms with van der Waals surface area (Å²) in [6.45, 7) is 6.04. The molecular formula is C12H15BrO2. The van der Waals surface area contributed by atoms with Gasteiger partial charge in [0.15, 0.2) is 6.79 Å². The fourth-order valence-corrected chi connectivity index (χ4v) is 2.12. The summed E-state index contributed by atoms with van der Waals surface area (Å²) in [5.74, 6) is 0.836. The highest BCUT2D eigenvalue weighted by Gasteiger charge is 2.08. The molecule has 1 aromatic carbocycles. The van der Waals surface area contributed by atoms with Gasteiger partial charge < -0.3 is 9.47 Å². The molecule has 1 aromatic rings. The molecule has 0 bridgehead atoms. The van der Waals surface area contributed by atoms with Crippen LogP contribution in [0.3, 0.4) is 0 Å². The smallest absolute Gasteiger partial charge is 0.188 e. The number of aryl methyl sites for hydroxylation is 1. The maximum Gasteiger partial charge on any atom is 0.188 e. The van der Waals surface area contributed by atoms with Gasteiger partial charge in [-0.1, -0.05) is 12.1 Å². The van der Waals surface area contributed by atoms with Crippen LogP contribution in [0.1, 0.15) is 11.1 Å². The minimum atomic E-state index is 0.256. The van der Waals surface area contributed by atoms with Crippen molar-refractivity contribution in [3.63, 3.8) is 0 Å². The van der Waals surface area contributed by atoms with Crippen molar-refractivity contribution >= 4 is 15.9 Å². The van der Waals surface area contributed by atoms with Gasteiger partial charge in [0.1, 0.15) is 5.75 Å². The van der Waals surface area contributed by atoms with E-state index in [9.17, 15) is 0 Å². The van der Waals surface area contributed by atoms with Gasteiger partial charge in [0.25, 0.3) is 0 Å². The molecule has 0 atom stereocenters. The number of benzene rings is 1. The van der Waals surface area contributed by atoms with Gasteiger partial charge in [0, 0.05) is 7.11 Å². The molecule has 0 aliphatic heterocycles. The first-order chi connectivity index (χ1) is 7.19. The van der Waals surface area contributed by atoms with E-state index in [1.54, 1.807) is 7.11 Å². The van der Waals surface area contributed by atoms with E-state index in [0.29, 0.717) is 0 Å². The molecule has 0 N–H and O–H groups in total. The Balaban J connectivity index is 3.02. The van der Waals surface area contributed by atoms with Crippen molar-refractivity contribution < 1.29 is 9.47 Å². The molecule has 0 fully saturated rings. The molecule has 1 rings (SSSR count). The summed E-state index contributed by atoms with van der Waals surface area (Å²) < 4.78 is 11.4. The van der Waals surface area contributed by atoms with E-state index in [0.717, 1.165) is 22.2 Å². The fourth-order valence-electron chi connectivity index (χ4n) is 1.39. The van der Waals surface area contributed by atoms with Crippen LogP contribution in [0.5, 0.6) is 5.75 Å². The topological polar surface area (TPSA) is 18.5 Å². The molecule has 0 aromatic heterocycles. The number of hydrogen-bond donors (Lipinski definition) is 0. The third-order valence-electron chi connectivity index (χ3n) is 1.95. The first-order valence-electron chi connectivity index (χ1n) is 4.70. The van der Waals surface area contributed by atoms with Gasteiger partial charge in [-0.3, -0.25) is 0 Å². The second-order valence-corrected chi connectivity index (χ2v) is 4.13. The number of halogens is 1. The molecule has 2 nitrogen and oxygen atoms in total. The average molecular weight is 271 g/mol. The van der Waals surface area contributed by atoms with E-state index in [-0.39, 0.29) is 6.79 Å². The zero-order chi connectivity index (χ0) is 11.3. The number of hydrogen-bond acceptors (Lipinski definition) is 2. The molecule has 0 aliphatic carbocycles. The lowest BCUT2D eigenvalue weighted by atomic mass is 10.1. The largest absolute Gasteiger partial charge is 0.466 e. The lowest BCUT2D eigenvalue weighted by Gasteiger charge is -2.12. The maximum absolute atomic E-state index is 5.51. The van der Waals surface area contributed by atoms with E-state index >= 15 is 0 Å². The Morgan fingerprint density at radius 1 is 1.47 bits per heavy atom. The Labute approximate surface area is 99.0 Å². The van der Waals surface area contributed by atoms with Crippen LogP contribution < -0.4 is 4.74 Å². The van der Waals surface area contributed by atoms with Crippen LogP contribution in [-0.2, 0) is 11.2 Å². The second-order valence-electron chi connectivity index (χ2n) is 3.28. The van der Waals surface area contributed by atoms with Crippen molar-refractivity contribution in [1.82, 2.24) is 0 Å². The van der Waals surface area contributed by atoms with Crippen molar-refractivity contribution in [3.8, 4) is 5.75 Å². The van der Waals surface area contributed by atoms with Gasteiger partial charge in [0.05, 0.1) is 4.47 Å². The quantitative estimate of drug-likeness (QED) is 0.603.